The van der Waals surface area contributed by atoms with Crippen molar-refractivity contribution in [1.29, 1.82) is 0 Å². The number of carboxylic acids is 1. The van der Waals surface area contributed by atoms with Gasteiger partial charge in [-0.1, -0.05) is 0 Å². The Kier molecular flexibility index (Phi) is 6.87. The number of hydrogen-bond donors (Lipinski definition) is 3. The Hall–Kier alpha value is -1.21. The Labute approximate surface area is 124 Å². The number of carbonyl (C=O) groups excluding carboxylic acids is 1. The highest BCUT2D eigenvalue weighted by atomic mass is 35.5. The first kappa shape index (κ1) is 16.8. The second kappa shape index (κ2) is 8.16. The molecule has 3 atom stereocenters. The second-order valence-corrected chi connectivity index (χ2v) is 4.87. The SMILES string of the molecule is [B]CONC(=NC1CC(C(=O)O)CCC1Cl)NC([B])=O. The monoisotopic (exact) mass is 297 g/mol. The number of nitrogens with one attached hydrogen (secondary N) is 2. The molecule has 0 bridgehead atoms. The van der Waals surface area contributed by atoms with Crippen LogP contribution < -0.4 is 10.8 Å². The molecular weight excluding hydrogens is 283 g/mol. The molecule has 3 N–H and O–H groups in total. The zero-order chi connectivity index (χ0) is 15.1. The minimum absolute atomic E-state index is 0.0513. The summed E-state index contributed by atoms with van der Waals surface area (Å²) < 4.78 is 0. The average Bonchev–Trinajstić information content (AvgIpc) is 2.37. The summed E-state index contributed by atoms with van der Waals surface area (Å²) in [7, 11) is 10.1. The third-order valence-electron chi connectivity index (χ3n) is 2.87. The van der Waals surface area contributed by atoms with Crippen molar-refractivity contribution in [2.75, 3.05) is 6.51 Å². The Balaban J connectivity index is 2.77. The molecule has 1 saturated carbocycles. The van der Waals surface area contributed by atoms with Crippen LogP contribution in [0.25, 0.3) is 0 Å². The molecule has 0 aromatic carbocycles. The lowest BCUT2D eigenvalue weighted by Gasteiger charge is -2.28. The minimum Gasteiger partial charge on any atom is -0.481 e. The van der Waals surface area contributed by atoms with Gasteiger partial charge in [-0.05, 0) is 19.3 Å². The highest BCUT2D eigenvalue weighted by Gasteiger charge is 2.33. The van der Waals surface area contributed by atoms with Gasteiger partial charge in [0, 0.05) is 6.51 Å². The number of alkyl halides is 1. The van der Waals surface area contributed by atoms with Gasteiger partial charge in [-0.15, -0.1) is 11.6 Å². The van der Waals surface area contributed by atoms with Gasteiger partial charge >= 0.3 is 5.97 Å². The van der Waals surface area contributed by atoms with Crippen LogP contribution >= 0.6 is 11.6 Å². The molecule has 0 aromatic heterocycles. The van der Waals surface area contributed by atoms with E-state index in [0.29, 0.717) is 12.8 Å². The van der Waals surface area contributed by atoms with Crippen molar-refractivity contribution >= 4 is 45.0 Å². The minimum atomic E-state index is -0.885. The fraction of sp³-hybridized carbons (Fsp3) is 0.700. The topological polar surface area (TPSA) is 100 Å². The number of amides is 1. The van der Waals surface area contributed by atoms with Crippen LogP contribution in [0.1, 0.15) is 19.3 Å². The molecule has 1 rings (SSSR count). The fourth-order valence-electron chi connectivity index (χ4n) is 1.94. The van der Waals surface area contributed by atoms with Gasteiger partial charge in [0.1, 0.15) is 7.85 Å². The van der Waals surface area contributed by atoms with E-state index in [0.717, 1.165) is 0 Å². The molecule has 1 amide bonds. The normalized spacial score (nSPS) is 26.9. The Morgan fingerprint density at radius 3 is 2.70 bits per heavy atom. The Bertz CT molecular complexity index is 397. The van der Waals surface area contributed by atoms with Crippen LogP contribution in [0.15, 0.2) is 4.99 Å². The van der Waals surface area contributed by atoms with Crippen molar-refractivity contribution < 1.29 is 19.5 Å². The molecule has 1 fully saturated rings. The van der Waals surface area contributed by atoms with Gasteiger partial charge in [0.25, 0.3) is 0 Å². The van der Waals surface area contributed by atoms with E-state index in [2.05, 4.69) is 15.8 Å². The summed E-state index contributed by atoms with van der Waals surface area (Å²) in [6.07, 6.45) is 1.30. The number of halogens is 1. The Morgan fingerprint density at radius 2 is 2.15 bits per heavy atom. The van der Waals surface area contributed by atoms with Gasteiger partial charge in [-0.2, -0.15) is 0 Å². The summed E-state index contributed by atoms with van der Waals surface area (Å²) in [4.78, 5) is 30.7. The second-order valence-electron chi connectivity index (χ2n) is 4.31. The summed E-state index contributed by atoms with van der Waals surface area (Å²) in [5.74, 6) is -2.29. The van der Waals surface area contributed by atoms with E-state index in [9.17, 15) is 9.59 Å². The third-order valence-corrected chi connectivity index (χ3v) is 3.38. The molecule has 106 valence electrons. The number of aliphatic carboxylic acids is 1. The molecule has 1 aliphatic carbocycles. The molecule has 7 nitrogen and oxygen atoms in total. The van der Waals surface area contributed by atoms with Gasteiger partial charge in [-0.3, -0.25) is 14.4 Å². The van der Waals surface area contributed by atoms with Crippen LogP contribution in [0.3, 0.4) is 0 Å². The smallest absolute Gasteiger partial charge is 0.306 e. The van der Waals surface area contributed by atoms with Crippen molar-refractivity contribution in [3.05, 3.63) is 0 Å². The fourth-order valence-corrected chi connectivity index (χ4v) is 2.23. The molecule has 0 spiro atoms. The molecular formula is C10H14B2ClN3O4. The maximum atomic E-state index is 11.0. The lowest BCUT2D eigenvalue weighted by Crippen LogP contribution is -2.43. The van der Waals surface area contributed by atoms with E-state index >= 15 is 0 Å². The van der Waals surface area contributed by atoms with Crippen LogP contribution in [-0.4, -0.2) is 56.5 Å². The molecule has 4 radical (unpaired) electrons. The Morgan fingerprint density at radius 1 is 1.45 bits per heavy atom. The van der Waals surface area contributed by atoms with Gasteiger partial charge in [0.15, 0.2) is 5.81 Å². The van der Waals surface area contributed by atoms with E-state index in [-0.39, 0.29) is 24.3 Å². The van der Waals surface area contributed by atoms with Crippen LogP contribution in [0.5, 0.6) is 0 Å². The molecule has 10 heteroatoms. The first-order valence-corrected chi connectivity index (χ1v) is 6.46. The van der Waals surface area contributed by atoms with Gasteiger partial charge in [-0.25, -0.2) is 10.5 Å². The van der Waals surface area contributed by atoms with Crippen molar-refractivity contribution in [2.45, 2.75) is 30.7 Å². The molecule has 20 heavy (non-hydrogen) atoms. The van der Waals surface area contributed by atoms with Crippen LogP contribution in [0, 0.1) is 5.92 Å². The molecule has 0 heterocycles. The first-order valence-electron chi connectivity index (χ1n) is 6.03. The van der Waals surface area contributed by atoms with Crippen LogP contribution in [0.4, 0.5) is 4.79 Å². The first-order chi connectivity index (χ1) is 9.43. The number of aliphatic imine (C=N–C) groups is 1. The number of hydroxylamine groups is 1. The molecule has 1 aliphatic rings. The predicted octanol–water partition coefficient (Wildman–Crippen LogP) is -0.272. The zero-order valence-electron chi connectivity index (χ0n) is 10.7. The van der Waals surface area contributed by atoms with E-state index in [1.165, 1.54) is 0 Å². The zero-order valence-corrected chi connectivity index (χ0v) is 11.5. The quantitative estimate of drug-likeness (QED) is 0.218. The van der Waals surface area contributed by atoms with Crippen LogP contribution in [-0.2, 0) is 9.63 Å². The summed E-state index contributed by atoms with van der Waals surface area (Å²) in [6.45, 7) is -0.147. The van der Waals surface area contributed by atoms with Gasteiger partial charge < -0.3 is 10.4 Å². The van der Waals surface area contributed by atoms with Gasteiger partial charge in [0.05, 0.1) is 17.3 Å². The summed E-state index contributed by atoms with van der Waals surface area (Å²) >= 11 is 6.13. The predicted molar refractivity (Wildman–Crippen MR) is 75.0 cm³/mol. The molecule has 0 aliphatic heterocycles. The standard InChI is InChI=1S/C10H14B2ClN3O4/c11-4-20-16-10(15-9(12)19)14-7-3-5(8(17)18)1-2-6(7)13/h5-7H,1-4H2,(H,17,18)(H2,14,15,16,19). The number of rotatable bonds is 4. The summed E-state index contributed by atoms with van der Waals surface area (Å²) in [5, 5.41) is 10.9. The van der Waals surface area contributed by atoms with E-state index in [1.54, 1.807) is 0 Å². The highest BCUT2D eigenvalue weighted by molar-refractivity contribution is 6.58. The number of nitrogens with zero attached hydrogens (tertiary/aromatic N) is 1. The van der Waals surface area contributed by atoms with Crippen molar-refractivity contribution in [1.82, 2.24) is 10.8 Å². The van der Waals surface area contributed by atoms with Crippen molar-refractivity contribution in [2.24, 2.45) is 10.9 Å². The van der Waals surface area contributed by atoms with Gasteiger partial charge in [0.2, 0.25) is 13.8 Å². The third kappa shape index (κ3) is 5.42. The number of guanidine groups is 1. The summed E-state index contributed by atoms with van der Waals surface area (Å²) in [6, 6.07) is -0.470. The van der Waals surface area contributed by atoms with E-state index < -0.39 is 23.7 Å². The average molecular weight is 297 g/mol. The highest BCUT2D eigenvalue weighted by Crippen LogP contribution is 2.30. The van der Waals surface area contributed by atoms with Crippen LogP contribution in [0.2, 0.25) is 0 Å². The lowest BCUT2D eigenvalue weighted by atomic mass is 9.86. The van der Waals surface area contributed by atoms with Crippen molar-refractivity contribution in [3.63, 3.8) is 0 Å². The number of carbonyl (C=O) groups is 2. The number of carboxylic acid groups (broad SMARTS) is 1. The molecule has 0 saturated heterocycles. The summed E-state index contributed by atoms with van der Waals surface area (Å²) in [5.41, 5.74) is 2.32. The maximum Gasteiger partial charge on any atom is 0.306 e. The van der Waals surface area contributed by atoms with E-state index in [1.807, 2.05) is 0 Å². The molecule has 3 unspecified atom stereocenters. The van der Waals surface area contributed by atoms with E-state index in [4.69, 9.17) is 37.2 Å². The lowest BCUT2D eigenvalue weighted by molar-refractivity contribution is -0.142. The maximum absolute atomic E-state index is 11.0. The molecule has 0 aromatic rings. The number of hydrogen-bond acceptors (Lipinski definition) is 4. The van der Waals surface area contributed by atoms with Crippen molar-refractivity contribution in [3.8, 4) is 0 Å². The largest absolute Gasteiger partial charge is 0.481 e.